The normalized spacial score (nSPS) is 23.8. The van der Waals surface area contributed by atoms with Crippen molar-refractivity contribution in [3.05, 3.63) is 42.2 Å². The third-order valence-electron chi connectivity index (χ3n) is 6.41. The Hall–Kier alpha value is -2.14. The maximum Gasteiger partial charge on any atom is 0.227 e. The minimum absolute atomic E-state index is 0.162. The minimum atomic E-state index is -0.426. The van der Waals surface area contributed by atoms with Gasteiger partial charge in [-0.3, -0.25) is 9.69 Å². The fraction of sp³-hybridized carbons (Fsp3) is 0.565. The molecule has 2 heterocycles. The third-order valence-corrected chi connectivity index (χ3v) is 6.41. The molecular formula is C23H31N3O2. The van der Waals surface area contributed by atoms with Crippen LogP contribution in [0.3, 0.4) is 0 Å². The van der Waals surface area contributed by atoms with E-state index in [1.807, 2.05) is 43.3 Å². The van der Waals surface area contributed by atoms with Crippen LogP contribution in [-0.4, -0.2) is 41.6 Å². The maximum atomic E-state index is 13.2. The fourth-order valence-corrected chi connectivity index (χ4v) is 4.98. The monoisotopic (exact) mass is 381 g/mol. The van der Waals surface area contributed by atoms with Crippen LogP contribution in [0.25, 0.3) is 11.3 Å². The standard InChI is InChI=1S/C23H31N3O2/c1-2-24-22(27)23(13-8-14-26(17-23)19-11-6-7-12-19)16-20-15-21(25-28-20)18-9-4-3-5-10-18/h3-5,9-10,15,19H,2,6-8,11-14,16-17H2,1H3,(H,24,27)/t23-/m1/s1. The average molecular weight is 382 g/mol. The molecule has 1 atom stereocenters. The second-order valence-electron chi connectivity index (χ2n) is 8.37. The Labute approximate surface area is 167 Å². The first-order valence-electron chi connectivity index (χ1n) is 10.7. The number of aromatic nitrogens is 1. The van der Waals surface area contributed by atoms with Crippen molar-refractivity contribution in [1.29, 1.82) is 0 Å². The van der Waals surface area contributed by atoms with E-state index in [0.29, 0.717) is 19.0 Å². The quantitative estimate of drug-likeness (QED) is 0.820. The highest BCUT2D eigenvalue weighted by molar-refractivity contribution is 5.83. The van der Waals surface area contributed by atoms with Crippen molar-refractivity contribution in [3.8, 4) is 11.3 Å². The molecule has 1 saturated heterocycles. The molecule has 0 radical (unpaired) electrons. The number of amides is 1. The first-order chi connectivity index (χ1) is 13.7. The van der Waals surface area contributed by atoms with Crippen LogP contribution in [-0.2, 0) is 11.2 Å². The van der Waals surface area contributed by atoms with Crippen molar-refractivity contribution in [2.24, 2.45) is 5.41 Å². The van der Waals surface area contributed by atoms with Gasteiger partial charge in [0.05, 0.1) is 5.41 Å². The van der Waals surface area contributed by atoms with Gasteiger partial charge in [-0.05, 0) is 39.2 Å². The summed E-state index contributed by atoms with van der Waals surface area (Å²) in [6, 6.07) is 12.7. The molecule has 1 aliphatic heterocycles. The van der Waals surface area contributed by atoms with Crippen molar-refractivity contribution >= 4 is 5.91 Å². The van der Waals surface area contributed by atoms with E-state index >= 15 is 0 Å². The van der Waals surface area contributed by atoms with E-state index in [4.69, 9.17) is 4.52 Å². The van der Waals surface area contributed by atoms with Gasteiger partial charge in [0.1, 0.15) is 11.5 Å². The molecule has 0 spiro atoms. The molecule has 1 aromatic heterocycles. The fourth-order valence-electron chi connectivity index (χ4n) is 4.98. The molecule has 1 aliphatic carbocycles. The van der Waals surface area contributed by atoms with Crippen LogP contribution in [0, 0.1) is 5.41 Å². The van der Waals surface area contributed by atoms with Crippen LogP contribution in [0.4, 0.5) is 0 Å². The lowest BCUT2D eigenvalue weighted by Crippen LogP contribution is -2.55. The zero-order valence-electron chi connectivity index (χ0n) is 16.8. The van der Waals surface area contributed by atoms with Gasteiger partial charge in [0, 0.05) is 37.2 Å². The van der Waals surface area contributed by atoms with Crippen LogP contribution < -0.4 is 5.32 Å². The minimum Gasteiger partial charge on any atom is -0.361 e. The SMILES string of the molecule is CCNC(=O)[C@@]1(Cc2cc(-c3ccccc3)no2)CCCN(C2CCCC2)C1. The second-order valence-corrected chi connectivity index (χ2v) is 8.37. The summed E-state index contributed by atoms with van der Waals surface area (Å²) in [4.78, 5) is 15.7. The summed E-state index contributed by atoms with van der Waals surface area (Å²) in [7, 11) is 0. The maximum absolute atomic E-state index is 13.2. The van der Waals surface area contributed by atoms with Crippen LogP contribution in [0.5, 0.6) is 0 Å². The zero-order valence-corrected chi connectivity index (χ0v) is 16.8. The van der Waals surface area contributed by atoms with Gasteiger partial charge in [-0.25, -0.2) is 0 Å². The van der Waals surface area contributed by atoms with Crippen molar-refractivity contribution in [3.63, 3.8) is 0 Å². The summed E-state index contributed by atoms with van der Waals surface area (Å²) in [5, 5.41) is 7.36. The Morgan fingerprint density at radius 2 is 2.04 bits per heavy atom. The summed E-state index contributed by atoms with van der Waals surface area (Å²) in [5.41, 5.74) is 1.45. The predicted molar refractivity (Wildman–Crippen MR) is 110 cm³/mol. The molecule has 150 valence electrons. The van der Waals surface area contributed by atoms with Crippen LogP contribution in [0.1, 0.15) is 51.2 Å². The first-order valence-corrected chi connectivity index (χ1v) is 10.7. The largest absolute Gasteiger partial charge is 0.361 e. The van der Waals surface area contributed by atoms with Crippen LogP contribution >= 0.6 is 0 Å². The van der Waals surface area contributed by atoms with Crippen molar-refractivity contribution in [1.82, 2.24) is 15.4 Å². The van der Waals surface area contributed by atoms with Gasteiger partial charge >= 0.3 is 0 Å². The summed E-state index contributed by atoms with van der Waals surface area (Å²) in [6.45, 7) is 4.59. The Morgan fingerprint density at radius 3 is 2.79 bits per heavy atom. The Kier molecular flexibility index (Phi) is 5.81. The lowest BCUT2D eigenvalue weighted by Gasteiger charge is -2.43. The number of rotatable bonds is 6. The molecule has 5 nitrogen and oxygen atoms in total. The second kappa shape index (κ2) is 8.48. The highest BCUT2D eigenvalue weighted by Crippen LogP contribution is 2.38. The highest BCUT2D eigenvalue weighted by Gasteiger charge is 2.44. The Morgan fingerprint density at radius 1 is 1.25 bits per heavy atom. The van der Waals surface area contributed by atoms with Gasteiger partial charge < -0.3 is 9.84 Å². The van der Waals surface area contributed by atoms with Gasteiger partial charge in [0.25, 0.3) is 0 Å². The van der Waals surface area contributed by atoms with E-state index in [1.165, 1.54) is 25.7 Å². The van der Waals surface area contributed by atoms with E-state index in [2.05, 4.69) is 15.4 Å². The molecule has 1 amide bonds. The molecule has 2 aromatic rings. The number of piperidine rings is 1. The lowest BCUT2D eigenvalue weighted by molar-refractivity contribution is -0.135. The zero-order chi connectivity index (χ0) is 19.4. The van der Waals surface area contributed by atoms with Crippen LogP contribution in [0.15, 0.2) is 40.9 Å². The molecular weight excluding hydrogens is 350 g/mol. The van der Waals surface area contributed by atoms with E-state index < -0.39 is 5.41 Å². The molecule has 0 bridgehead atoms. The number of benzene rings is 1. The average Bonchev–Trinajstić information content (AvgIpc) is 3.41. The smallest absolute Gasteiger partial charge is 0.227 e. The van der Waals surface area contributed by atoms with Crippen molar-refractivity contribution < 1.29 is 9.32 Å². The molecule has 5 heteroatoms. The number of carbonyl (C=O) groups excluding carboxylic acids is 1. The summed E-state index contributed by atoms with van der Waals surface area (Å²) in [5.74, 6) is 0.966. The number of likely N-dealkylation sites (tertiary alicyclic amines) is 1. The van der Waals surface area contributed by atoms with E-state index in [1.54, 1.807) is 0 Å². The number of hydrogen-bond donors (Lipinski definition) is 1. The highest BCUT2D eigenvalue weighted by atomic mass is 16.5. The predicted octanol–water partition coefficient (Wildman–Crippen LogP) is 4.05. The number of nitrogens with one attached hydrogen (secondary N) is 1. The van der Waals surface area contributed by atoms with E-state index in [-0.39, 0.29) is 5.91 Å². The summed E-state index contributed by atoms with van der Waals surface area (Å²) >= 11 is 0. The summed E-state index contributed by atoms with van der Waals surface area (Å²) in [6.07, 6.45) is 7.76. The van der Waals surface area contributed by atoms with Gasteiger partial charge in [0.2, 0.25) is 5.91 Å². The topological polar surface area (TPSA) is 58.4 Å². The Bertz CT molecular complexity index is 782. The molecule has 1 saturated carbocycles. The molecule has 1 aromatic carbocycles. The molecule has 28 heavy (non-hydrogen) atoms. The molecule has 2 fully saturated rings. The van der Waals surface area contributed by atoms with Gasteiger partial charge in [-0.15, -0.1) is 0 Å². The van der Waals surface area contributed by atoms with E-state index in [0.717, 1.165) is 42.9 Å². The number of hydrogen-bond acceptors (Lipinski definition) is 4. The van der Waals surface area contributed by atoms with Crippen molar-refractivity contribution in [2.45, 2.75) is 57.9 Å². The van der Waals surface area contributed by atoms with Crippen LogP contribution in [0.2, 0.25) is 0 Å². The lowest BCUT2D eigenvalue weighted by atomic mass is 9.75. The molecule has 4 rings (SSSR count). The molecule has 0 unspecified atom stereocenters. The van der Waals surface area contributed by atoms with Gasteiger partial charge in [0.15, 0.2) is 0 Å². The first kappa shape index (κ1) is 19.2. The Balaban J connectivity index is 1.56. The number of carbonyl (C=O) groups is 1. The number of nitrogens with zero attached hydrogens (tertiary/aromatic N) is 2. The molecule has 2 aliphatic rings. The van der Waals surface area contributed by atoms with E-state index in [9.17, 15) is 4.79 Å². The van der Waals surface area contributed by atoms with Gasteiger partial charge in [-0.1, -0.05) is 48.3 Å². The van der Waals surface area contributed by atoms with Gasteiger partial charge in [-0.2, -0.15) is 0 Å². The summed E-state index contributed by atoms with van der Waals surface area (Å²) < 4.78 is 5.69. The van der Waals surface area contributed by atoms with Crippen molar-refractivity contribution in [2.75, 3.05) is 19.6 Å². The third kappa shape index (κ3) is 4.00. The molecule has 1 N–H and O–H groups in total.